The van der Waals surface area contributed by atoms with E-state index in [0.29, 0.717) is 22.5 Å². The number of fused-ring (bicyclic) bond motifs is 1. The van der Waals surface area contributed by atoms with Crippen LogP contribution in [-0.4, -0.2) is 27.2 Å². The van der Waals surface area contributed by atoms with Crippen molar-refractivity contribution >= 4 is 28.5 Å². The lowest BCUT2D eigenvalue weighted by molar-refractivity contribution is 0.627. The quantitative estimate of drug-likeness (QED) is 0.495. The van der Waals surface area contributed by atoms with E-state index >= 15 is 0 Å². The highest BCUT2D eigenvalue weighted by molar-refractivity contribution is 5.89. The maximum Gasteiger partial charge on any atom is 0.241 e. The highest BCUT2D eigenvalue weighted by Crippen LogP contribution is 2.29. The average molecular weight is 273 g/mol. The number of nitrogens with one attached hydrogen (secondary N) is 2. The Labute approximate surface area is 113 Å². The van der Waals surface area contributed by atoms with Gasteiger partial charge in [0.05, 0.1) is 17.3 Å². The number of aromatic nitrogens is 4. The Balaban J connectivity index is 2.18. The lowest BCUT2D eigenvalue weighted by Gasteiger charge is -2.19. The molecule has 0 aliphatic carbocycles. The summed E-state index contributed by atoms with van der Waals surface area (Å²) in [6.07, 6.45) is 1.59. The zero-order valence-electron chi connectivity index (χ0n) is 10.6. The van der Waals surface area contributed by atoms with Gasteiger partial charge in [-0.05, 0) is 12.1 Å². The number of nitrogens with zero attached hydrogens (tertiary/aromatic N) is 4. The number of halogens is 1. The Morgan fingerprint density at radius 3 is 2.85 bits per heavy atom. The van der Waals surface area contributed by atoms with E-state index in [-0.39, 0.29) is 11.8 Å². The van der Waals surface area contributed by atoms with E-state index in [0.717, 1.165) is 0 Å². The molecular weight excluding hydrogens is 261 g/mol. The maximum atomic E-state index is 13.9. The van der Waals surface area contributed by atoms with Crippen LogP contribution in [0.15, 0.2) is 30.5 Å². The minimum absolute atomic E-state index is 0.222. The van der Waals surface area contributed by atoms with Gasteiger partial charge >= 0.3 is 0 Å². The van der Waals surface area contributed by atoms with Gasteiger partial charge in [0.25, 0.3) is 0 Å². The zero-order chi connectivity index (χ0) is 14.1. The molecule has 0 aliphatic rings. The summed E-state index contributed by atoms with van der Waals surface area (Å²) in [5.41, 5.74) is 3.30. The summed E-state index contributed by atoms with van der Waals surface area (Å²) in [7, 11) is 1.72. The molecule has 0 radical (unpaired) electrons. The van der Waals surface area contributed by atoms with Crippen molar-refractivity contribution in [2.75, 3.05) is 17.4 Å². The van der Waals surface area contributed by atoms with E-state index in [4.69, 9.17) is 5.84 Å². The number of rotatable bonds is 3. The highest BCUT2D eigenvalue weighted by Gasteiger charge is 2.16. The first-order valence-electron chi connectivity index (χ1n) is 5.86. The molecule has 0 saturated heterocycles. The maximum absolute atomic E-state index is 13.9. The van der Waals surface area contributed by atoms with Crippen molar-refractivity contribution in [2.24, 2.45) is 5.84 Å². The Morgan fingerprint density at radius 2 is 2.10 bits per heavy atom. The van der Waals surface area contributed by atoms with Crippen LogP contribution in [0.25, 0.3) is 11.0 Å². The molecule has 0 atom stereocenters. The Bertz CT molecular complexity index is 754. The molecule has 3 aromatic rings. The van der Waals surface area contributed by atoms with E-state index in [1.807, 2.05) is 0 Å². The second-order valence-electron chi connectivity index (χ2n) is 4.16. The third-order valence-corrected chi connectivity index (χ3v) is 2.95. The van der Waals surface area contributed by atoms with Gasteiger partial charge < -0.3 is 4.90 Å². The van der Waals surface area contributed by atoms with Crippen LogP contribution < -0.4 is 16.2 Å². The largest absolute Gasteiger partial charge is 0.326 e. The van der Waals surface area contributed by atoms with Gasteiger partial charge in [-0.3, -0.25) is 10.5 Å². The molecule has 0 spiro atoms. The number of hydrazine groups is 1. The molecule has 20 heavy (non-hydrogen) atoms. The summed E-state index contributed by atoms with van der Waals surface area (Å²) in [5.74, 6) is 5.73. The summed E-state index contributed by atoms with van der Waals surface area (Å²) in [6, 6.07) is 6.44. The zero-order valence-corrected chi connectivity index (χ0v) is 10.6. The van der Waals surface area contributed by atoms with E-state index in [1.54, 1.807) is 36.3 Å². The fourth-order valence-electron chi connectivity index (χ4n) is 1.98. The SMILES string of the molecule is CN(c1ccccc1F)c1nc(NN)nc2[nH]ncc12. The standard InChI is InChI=1S/C12H12FN7/c1-20(9-5-3-2-4-8(9)13)11-7-6-15-19-10(7)16-12(17-11)18-14/h2-6H,14H2,1H3,(H2,15,16,17,18,19). The molecule has 0 saturated carbocycles. The van der Waals surface area contributed by atoms with Gasteiger partial charge in [0.15, 0.2) is 5.65 Å². The first-order chi connectivity index (χ1) is 9.70. The first kappa shape index (κ1) is 12.3. The molecule has 1 aromatic carbocycles. The number of anilines is 3. The molecule has 102 valence electrons. The van der Waals surface area contributed by atoms with E-state index in [2.05, 4.69) is 25.6 Å². The second kappa shape index (κ2) is 4.74. The molecule has 2 heterocycles. The van der Waals surface area contributed by atoms with Crippen LogP contribution in [0, 0.1) is 5.82 Å². The minimum Gasteiger partial charge on any atom is -0.326 e. The van der Waals surface area contributed by atoms with Gasteiger partial charge in [-0.15, -0.1) is 0 Å². The average Bonchev–Trinajstić information content (AvgIpc) is 2.94. The molecule has 3 rings (SSSR count). The number of aromatic amines is 1. The Morgan fingerprint density at radius 1 is 1.30 bits per heavy atom. The summed E-state index contributed by atoms with van der Waals surface area (Å²) >= 11 is 0. The van der Waals surface area contributed by atoms with Crippen molar-refractivity contribution in [1.29, 1.82) is 0 Å². The molecule has 0 amide bonds. The van der Waals surface area contributed by atoms with Gasteiger partial charge in [0, 0.05) is 7.05 Å². The molecule has 0 bridgehead atoms. The van der Waals surface area contributed by atoms with Gasteiger partial charge in [-0.1, -0.05) is 12.1 Å². The smallest absolute Gasteiger partial charge is 0.241 e. The molecule has 0 unspecified atom stereocenters. The number of nitrogen functional groups attached to an aromatic ring is 1. The monoisotopic (exact) mass is 273 g/mol. The number of hydrogen-bond acceptors (Lipinski definition) is 6. The Hall–Kier alpha value is -2.74. The third kappa shape index (κ3) is 1.91. The normalized spacial score (nSPS) is 10.8. The second-order valence-corrected chi connectivity index (χ2v) is 4.16. The lowest BCUT2D eigenvalue weighted by atomic mass is 10.2. The first-order valence-corrected chi connectivity index (χ1v) is 5.86. The number of H-pyrrole nitrogens is 1. The van der Waals surface area contributed by atoms with E-state index < -0.39 is 0 Å². The van der Waals surface area contributed by atoms with Gasteiger partial charge in [-0.2, -0.15) is 15.1 Å². The van der Waals surface area contributed by atoms with E-state index in [9.17, 15) is 4.39 Å². The number of benzene rings is 1. The topological polar surface area (TPSA) is 95.8 Å². The molecule has 4 N–H and O–H groups in total. The fraction of sp³-hybridized carbons (Fsp3) is 0.0833. The minimum atomic E-state index is -0.340. The fourth-order valence-corrected chi connectivity index (χ4v) is 1.98. The van der Waals surface area contributed by atoms with Gasteiger partial charge in [-0.25, -0.2) is 10.2 Å². The van der Waals surface area contributed by atoms with Crippen molar-refractivity contribution in [1.82, 2.24) is 20.2 Å². The van der Waals surface area contributed by atoms with Crippen LogP contribution in [0.5, 0.6) is 0 Å². The van der Waals surface area contributed by atoms with Crippen molar-refractivity contribution in [3.8, 4) is 0 Å². The highest BCUT2D eigenvalue weighted by atomic mass is 19.1. The molecular formula is C12H12FN7. The molecule has 0 fully saturated rings. The molecule has 0 aliphatic heterocycles. The molecule has 2 aromatic heterocycles. The predicted molar refractivity (Wildman–Crippen MR) is 74.0 cm³/mol. The van der Waals surface area contributed by atoms with Crippen LogP contribution in [0.3, 0.4) is 0 Å². The third-order valence-electron chi connectivity index (χ3n) is 2.95. The van der Waals surface area contributed by atoms with Crippen molar-refractivity contribution in [3.63, 3.8) is 0 Å². The summed E-state index contributed by atoms with van der Waals surface area (Å²) in [5, 5.41) is 7.33. The van der Waals surface area contributed by atoms with Crippen LogP contribution in [0.4, 0.5) is 21.8 Å². The van der Waals surface area contributed by atoms with Crippen molar-refractivity contribution in [3.05, 3.63) is 36.3 Å². The van der Waals surface area contributed by atoms with Gasteiger partial charge in [0.1, 0.15) is 11.6 Å². The molecule has 7 nitrogen and oxygen atoms in total. The van der Waals surface area contributed by atoms with Crippen LogP contribution in [0.1, 0.15) is 0 Å². The van der Waals surface area contributed by atoms with Crippen LogP contribution >= 0.6 is 0 Å². The summed E-state index contributed by atoms with van der Waals surface area (Å²) < 4.78 is 13.9. The van der Waals surface area contributed by atoms with Crippen LogP contribution in [-0.2, 0) is 0 Å². The lowest BCUT2D eigenvalue weighted by Crippen LogP contribution is -2.16. The summed E-state index contributed by atoms with van der Waals surface area (Å²) in [4.78, 5) is 10.0. The predicted octanol–water partition coefficient (Wildman–Crippen LogP) is 1.55. The van der Waals surface area contributed by atoms with Crippen LogP contribution in [0.2, 0.25) is 0 Å². The van der Waals surface area contributed by atoms with Gasteiger partial charge in [0.2, 0.25) is 5.95 Å². The van der Waals surface area contributed by atoms with E-state index in [1.165, 1.54) is 6.07 Å². The summed E-state index contributed by atoms with van der Waals surface area (Å²) in [6.45, 7) is 0. The Kier molecular flexibility index (Phi) is 2.92. The van der Waals surface area contributed by atoms with Crippen molar-refractivity contribution in [2.45, 2.75) is 0 Å². The molecule has 8 heteroatoms. The number of hydrogen-bond donors (Lipinski definition) is 3. The van der Waals surface area contributed by atoms with Crippen molar-refractivity contribution < 1.29 is 4.39 Å². The number of para-hydroxylation sites is 1. The number of nitrogens with two attached hydrogens (primary N) is 1.